The van der Waals surface area contributed by atoms with Crippen LogP contribution in [-0.2, 0) is 0 Å². The van der Waals surface area contributed by atoms with Gasteiger partial charge in [-0.1, -0.05) is 35.5 Å². The molecular weight excluding hydrogens is 232 g/mol. The molecule has 0 radical (unpaired) electrons. The van der Waals surface area contributed by atoms with Crippen molar-refractivity contribution in [3.05, 3.63) is 53.1 Å². The molecule has 2 heterocycles. The predicted molar refractivity (Wildman–Crippen MR) is 63.6 cm³/mol. The maximum absolute atomic E-state index is 10.9. The van der Waals surface area contributed by atoms with E-state index in [1.54, 1.807) is 12.3 Å². The van der Waals surface area contributed by atoms with E-state index in [1.807, 2.05) is 30.3 Å². The summed E-state index contributed by atoms with van der Waals surface area (Å²) in [6.45, 7) is 0. The molecular formula is C12H8N4O2. The van der Waals surface area contributed by atoms with Crippen molar-refractivity contribution in [2.24, 2.45) is 0 Å². The molecule has 0 atom stereocenters. The minimum atomic E-state index is -0.626. The number of benzene rings is 1. The van der Waals surface area contributed by atoms with Crippen LogP contribution < -0.4 is 5.76 Å². The van der Waals surface area contributed by atoms with Gasteiger partial charge >= 0.3 is 5.76 Å². The van der Waals surface area contributed by atoms with E-state index in [-0.39, 0.29) is 5.82 Å². The number of nitrogens with zero attached hydrogens (tertiary/aromatic N) is 3. The smallest absolute Gasteiger partial charge is 0.295 e. The Labute approximate surface area is 101 Å². The van der Waals surface area contributed by atoms with Crippen LogP contribution in [0, 0.1) is 0 Å². The van der Waals surface area contributed by atoms with Gasteiger partial charge in [-0.25, -0.2) is 14.8 Å². The largest absolute Gasteiger partial charge is 0.439 e. The van der Waals surface area contributed by atoms with Gasteiger partial charge in [0.05, 0.1) is 5.69 Å². The van der Waals surface area contributed by atoms with Gasteiger partial charge in [0.1, 0.15) is 0 Å². The number of rotatable bonds is 2. The Hall–Kier alpha value is -2.76. The summed E-state index contributed by atoms with van der Waals surface area (Å²) in [7, 11) is 0. The van der Waals surface area contributed by atoms with Crippen LogP contribution in [0.1, 0.15) is 0 Å². The molecule has 0 spiro atoms. The summed E-state index contributed by atoms with van der Waals surface area (Å²) in [6.07, 6.45) is 1.61. The van der Waals surface area contributed by atoms with Crippen LogP contribution in [0.25, 0.3) is 22.9 Å². The third-order valence-corrected chi connectivity index (χ3v) is 2.38. The highest BCUT2D eigenvalue weighted by atomic mass is 16.5. The van der Waals surface area contributed by atoms with E-state index >= 15 is 0 Å². The SMILES string of the molecule is O=c1[nH]c(-c2nccc(-c3ccccc3)n2)no1. The molecule has 18 heavy (non-hydrogen) atoms. The van der Waals surface area contributed by atoms with Crippen molar-refractivity contribution in [2.45, 2.75) is 0 Å². The van der Waals surface area contributed by atoms with E-state index < -0.39 is 5.76 Å². The molecule has 0 aliphatic carbocycles. The molecule has 2 aromatic heterocycles. The number of H-pyrrole nitrogens is 1. The lowest BCUT2D eigenvalue weighted by atomic mass is 10.1. The molecule has 6 nitrogen and oxygen atoms in total. The van der Waals surface area contributed by atoms with Crippen molar-refractivity contribution in [1.82, 2.24) is 20.1 Å². The standard InChI is InChI=1S/C12H8N4O2/c17-12-15-11(16-18-12)10-13-7-6-9(14-10)8-4-2-1-3-5-8/h1-7H,(H,15,16,17). The molecule has 0 bridgehead atoms. The molecule has 0 amide bonds. The van der Waals surface area contributed by atoms with E-state index in [0.29, 0.717) is 5.82 Å². The van der Waals surface area contributed by atoms with Crippen molar-refractivity contribution in [3.63, 3.8) is 0 Å². The van der Waals surface area contributed by atoms with Crippen LogP contribution in [0.2, 0.25) is 0 Å². The predicted octanol–water partition coefficient (Wildman–Crippen LogP) is 1.49. The van der Waals surface area contributed by atoms with Crippen LogP contribution >= 0.6 is 0 Å². The fraction of sp³-hybridized carbons (Fsp3) is 0. The van der Waals surface area contributed by atoms with E-state index in [0.717, 1.165) is 11.3 Å². The first-order chi connectivity index (χ1) is 8.83. The Balaban J connectivity index is 2.07. The van der Waals surface area contributed by atoms with Crippen molar-refractivity contribution in [1.29, 1.82) is 0 Å². The topological polar surface area (TPSA) is 84.7 Å². The van der Waals surface area contributed by atoms with Crippen molar-refractivity contribution in [3.8, 4) is 22.9 Å². The first-order valence-electron chi connectivity index (χ1n) is 5.28. The van der Waals surface area contributed by atoms with E-state index in [2.05, 4.69) is 24.6 Å². The van der Waals surface area contributed by atoms with Gasteiger partial charge in [-0.3, -0.25) is 9.51 Å². The van der Waals surface area contributed by atoms with E-state index in [1.165, 1.54) is 0 Å². The van der Waals surface area contributed by atoms with Crippen LogP contribution in [-0.4, -0.2) is 20.1 Å². The molecule has 1 N–H and O–H groups in total. The second-order valence-electron chi connectivity index (χ2n) is 3.58. The molecule has 0 aliphatic heterocycles. The van der Waals surface area contributed by atoms with Gasteiger partial charge in [0.2, 0.25) is 5.82 Å². The first-order valence-corrected chi connectivity index (χ1v) is 5.28. The zero-order valence-electron chi connectivity index (χ0n) is 9.20. The molecule has 0 aliphatic rings. The van der Waals surface area contributed by atoms with Crippen molar-refractivity contribution >= 4 is 0 Å². The Kier molecular flexibility index (Phi) is 2.45. The van der Waals surface area contributed by atoms with Gasteiger partial charge in [-0.05, 0) is 6.07 Å². The van der Waals surface area contributed by atoms with Crippen molar-refractivity contribution in [2.75, 3.05) is 0 Å². The molecule has 0 saturated heterocycles. The first kappa shape index (κ1) is 10.4. The molecule has 88 valence electrons. The minimum absolute atomic E-state index is 0.220. The molecule has 0 saturated carbocycles. The van der Waals surface area contributed by atoms with Crippen LogP contribution in [0.4, 0.5) is 0 Å². The quantitative estimate of drug-likeness (QED) is 0.733. The fourth-order valence-corrected chi connectivity index (χ4v) is 1.57. The van der Waals surface area contributed by atoms with Gasteiger partial charge in [-0.15, -0.1) is 0 Å². The number of aromatic nitrogens is 4. The summed E-state index contributed by atoms with van der Waals surface area (Å²) in [6, 6.07) is 11.5. The molecule has 0 fully saturated rings. The minimum Gasteiger partial charge on any atom is -0.295 e. The number of hydrogen-bond donors (Lipinski definition) is 1. The molecule has 6 heteroatoms. The van der Waals surface area contributed by atoms with E-state index in [4.69, 9.17) is 0 Å². The lowest BCUT2D eigenvalue weighted by molar-refractivity contribution is 0.387. The second kappa shape index (κ2) is 4.25. The Bertz CT molecular complexity index is 718. The number of hydrogen-bond acceptors (Lipinski definition) is 5. The third kappa shape index (κ3) is 1.91. The number of nitrogens with one attached hydrogen (secondary N) is 1. The summed E-state index contributed by atoms with van der Waals surface area (Å²) in [5.41, 5.74) is 1.72. The summed E-state index contributed by atoms with van der Waals surface area (Å²) in [4.78, 5) is 21.7. The molecule has 1 aromatic carbocycles. The van der Waals surface area contributed by atoms with Crippen LogP contribution in [0.5, 0.6) is 0 Å². The molecule has 3 aromatic rings. The van der Waals surface area contributed by atoms with Crippen LogP contribution in [0.15, 0.2) is 51.9 Å². The Morgan fingerprint density at radius 2 is 1.94 bits per heavy atom. The summed E-state index contributed by atoms with van der Waals surface area (Å²) in [5, 5.41) is 3.55. The molecule has 3 rings (SSSR count). The highest BCUT2D eigenvalue weighted by molar-refractivity contribution is 5.60. The lowest BCUT2D eigenvalue weighted by Gasteiger charge is -2.00. The highest BCUT2D eigenvalue weighted by Gasteiger charge is 2.08. The lowest BCUT2D eigenvalue weighted by Crippen LogP contribution is -1.97. The third-order valence-electron chi connectivity index (χ3n) is 2.38. The Morgan fingerprint density at radius 3 is 2.67 bits per heavy atom. The summed E-state index contributed by atoms with van der Waals surface area (Å²) < 4.78 is 4.42. The maximum Gasteiger partial charge on any atom is 0.439 e. The van der Waals surface area contributed by atoms with Gasteiger partial charge in [0.15, 0.2) is 5.82 Å². The Morgan fingerprint density at radius 1 is 1.11 bits per heavy atom. The monoisotopic (exact) mass is 240 g/mol. The summed E-state index contributed by atoms with van der Waals surface area (Å²) in [5.74, 6) is -0.0845. The van der Waals surface area contributed by atoms with Gasteiger partial charge in [0, 0.05) is 11.8 Å². The zero-order chi connectivity index (χ0) is 12.4. The maximum atomic E-state index is 10.9. The van der Waals surface area contributed by atoms with Crippen LogP contribution in [0.3, 0.4) is 0 Å². The average molecular weight is 240 g/mol. The normalized spacial score (nSPS) is 10.4. The van der Waals surface area contributed by atoms with E-state index in [9.17, 15) is 4.79 Å². The second-order valence-corrected chi connectivity index (χ2v) is 3.58. The van der Waals surface area contributed by atoms with Gasteiger partial charge < -0.3 is 0 Å². The van der Waals surface area contributed by atoms with Gasteiger partial charge in [0.25, 0.3) is 0 Å². The highest BCUT2D eigenvalue weighted by Crippen LogP contribution is 2.17. The van der Waals surface area contributed by atoms with Crippen molar-refractivity contribution < 1.29 is 4.52 Å². The number of aromatic amines is 1. The fourth-order valence-electron chi connectivity index (χ4n) is 1.57. The average Bonchev–Trinajstić information content (AvgIpc) is 2.87. The zero-order valence-corrected chi connectivity index (χ0v) is 9.20. The molecule has 0 unspecified atom stereocenters. The van der Waals surface area contributed by atoms with Gasteiger partial charge in [-0.2, -0.15) is 0 Å². The summed E-state index contributed by atoms with van der Waals surface area (Å²) >= 11 is 0.